The van der Waals surface area contributed by atoms with Gasteiger partial charge in [-0.1, -0.05) is 6.07 Å². The van der Waals surface area contributed by atoms with E-state index in [9.17, 15) is 14.7 Å². The Bertz CT molecular complexity index is 849. The smallest absolute Gasteiger partial charge is 0.306 e. The van der Waals surface area contributed by atoms with Crippen LogP contribution in [0.5, 0.6) is 11.5 Å². The molecular formula is C23H30N2O5. The Kier molecular flexibility index (Phi) is 8.53. The summed E-state index contributed by atoms with van der Waals surface area (Å²) < 4.78 is 10.0. The van der Waals surface area contributed by atoms with Gasteiger partial charge >= 0.3 is 5.97 Å². The van der Waals surface area contributed by atoms with Crippen molar-refractivity contribution in [2.75, 3.05) is 30.5 Å². The number of carbonyl (C=O) groups is 2. The third kappa shape index (κ3) is 6.69. The monoisotopic (exact) mass is 414 g/mol. The number of phenols is 1. The molecule has 0 fully saturated rings. The zero-order valence-corrected chi connectivity index (χ0v) is 18.0. The molecule has 0 spiro atoms. The number of hydrogen-bond donors (Lipinski definition) is 2. The topological polar surface area (TPSA) is 88.1 Å². The number of phenolic OH excluding ortho intramolecular Hbond substituents is 1. The SMILES string of the molecule is CCN(c1ccc(NC(=O)COC(=O)CCc2ccc(OC)c(O)c2)cc1)C(C)C. The van der Waals surface area contributed by atoms with Crippen LogP contribution in [0.25, 0.3) is 0 Å². The van der Waals surface area contributed by atoms with E-state index >= 15 is 0 Å². The Morgan fingerprint density at radius 3 is 2.40 bits per heavy atom. The second-order valence-electron chi connectivity index (χ2n) is 7.14. The number of hydrogen-bond acceptors (Lipinski definition) is 6. The fourth-order valence-corrected chi connectivity index (χ4v) is 3.13. The van der Waals surface area contributed by atoms with Crippen molar-refractivity contribution in [3.05, 3.63) is 48.0 Å². The van der Waals surface area contributed by atoms with Crippen molar-refractivity contribution in [1.82, 2.24) is 0 Å². The molecule has 0 unspecified atom stereocenters. The first kappa shape index (κ1) is 23.1. The fraction of sp³-hybridized carbons (Fsp3) is 0.391. The molecule has 7 nitrogen and oxygen atoms in total. The van der Waals surface area contributed by atoms with E-state index in [4.69, 9.17) is 9.47 Å². The summed E-state index contributed by atoms with van der Waals surface area (Å²) in [5, 5.41) is 12.5. The number of benzene rings is 2. The summed E-state index contributed by atoms with van der Waals surface area (Å²) in [5.74, 6) is -0.484. The maximum Gasteiger partial charge on any atom is 0.306 e. The van der Waals surface area contributed by atoms with Crippen LogP contribution in [0.15, 0.2) is 42.5 Å². The van der Waals surface area contributed by atoms with Gasteiger partial charge in [-0.3, -0.25) is 9.59 Å². The van der Waals surface area contributed by atoms with Gasteiger partial charge in [0.15, 0.2) is 18.1 Å². The molecule has 0 heterocycles. The first-order valence-electron chi connectivity index (χ1n) is 10.0. The standard InChI is InChI=1S/C23H30N2O5/c1-5-25(16(2)3)19-10-8-18(9-11-19)24-22(27)15-30-23(28)13-7-17-6-12-21(29-4)20(26)14-17/h6,8-12,14,16,26H,5,7,13,15H2,1-4H3,(H,24,27). The number of methoxy groups -OCH3 is 1. The molecular weight excluding hydrogens is 384 g/mol. The number of nitrogens with zero attached hydrogens (tertiary/aromatic N) is 1. The van der Waals surface area contributed by atoms with E-state index in [1.54, 1.807) is 18.2 Å². The van der Waals surface area contributed by atoms with E-state index in [1.807, 2.05) is 24.3 Å². The predicted molar refractivity (Wildman–Crippen MR) is 117 cm³/mol. The van der Waals surface area contributed by atoms with Crippen LogP contribution >= 0.6 is 0 Å². The fourth-order valence-electron chi connectivity index (χ4n) is 3.13. The Labute approximate surface area is 177 Å². The minimum atomic E-state index is -0.480. The number of esters is 1. The lowest BCUT2D eigenvalue weighted by atomic mass is 10.1. The van der Waals surface area contributed by atoms with Gasteiger partial charge in [-0.05, 0) is 69.2 Å². The molecule has 0 aliphatic rings. The molecule has 0 saturated heterocycles. The van der Waals surface area contributed by atoms with Crippen molar-refractivity contribution >= 4 is 23.3 Å². The Balaban J connectivity index is 1.77. The Hall–Kier alpha value is -3.22. The summed E-state index contributed by atoms with van der Waals surface area (Å²) in [4.78, 5) is 26.2. The summed E-state index contributed by atoms with van der Waals surface area (Å²) in [6, 6.07) is 12.9. The number of ether oxygens (including phenoxy) is 2. The van der Waals surface area contributed by atoms with Gasteiger partial charge in [-0.2, -0.15) is 0 Å². The third-order valence-electron chi connectivity index (χ3n) is 4.67. The van der Waals surface area contributed by atoms with Crippen molar-refractivity contribution in [2.45, 2.75) is 39.7 Å². The number of anilines is 2. The summed E-state index contributed by atoms with van der Waals surface area (Å²) in [7, 11) is 1.47. The van der Waals surface area contributed by atoms with Crippen molar-refractivity contribution in [1.29, 1.82) is 0 Å². The van der Waals surface area contributed by atoms with Crippen molar-refractivity contribution in [3.63, 3.8) is 0 Å². The van der Waals surface area contributed by atoms with E-state index in [-0.39, 0.29) is 18.8 Å². The summed E-state index contributed by atoms with van der Waals surface area (Å²) >= 11 is 0. The first-order valence-corrected chi connectivity index (χ1v) is 10.0. The van der Waals surface area contributed by atoms with Crippen LogP contribution in [-0.2, 0) is 20.7 Å². The highest BCUT2D eigenvalue weighted by molar-refractivity contribution is 5.93. The zero-order valence-electron chi connectivity index (χ0n) is 18.0. The number of aryl methyl sites for hydroxylation is 1. The van der Waals surface area contributed by atoms with E-state index < -0.39 is 11.9 Å². The van der Waals surface area contributed by atoms with E-state index in [1.165, 1.54) is 7.11 Å². The van der Waals surface area contributed by atoms with Crippen molar-refractivity contribution in [3.8, 4) is 11.5 Å². The van der Waals surface area contributed by atoms with Gasteiger partial charge in [0.1, 0.15) is 0 Å². The molecule has 162 valence electrons. The van der Waals surface area contributed by atoms with Crippen LogP contribution in [-0.4, -0.2) is 43.3 Å². The average Bonchev–Trinajstić information content (AvgIpc) is 2.72. The molecule has 7 heteroatoms. The van der Waals surface area contributed by atoms with Gasteiger partial charge in [0, 0.05) is 30.4 Å². The molecule has 0 aromatic heterocycles. The predicted octanol–water partition coefficient (Wildman–Crippen LogP) is 3.75. The largest absolute Gasteiger partial charge is 0.504 e. The highest BCUT2D eigenvalue weighted by atomic mass is 16.5. The van der Waals surface area contributed by atoms with Crippen LogP contribution in [0.1, 0.15) is 32.8 Å². The van der Waals surface area contributed by atoms with Gasteiger partial charge in [0.05, 0.1) is 7.11 Å². The molecule has 0 saturated carbocycles. The summed E-state index contributed by atoms with van der Waals surface area (Å²) in [6.07, 6.45) is 0.499. The molecule has 0 aliphatic carbocycles. The van der Waals surface area contributed by atoms with Crippen molar-refractivity contribution < 1.29 is 24.2 Å². The van der Waals surface area contributed by atoms with Gasteiger partial charge in [0.25, 0.3) is 5.91 Å². The quantitative estimate of drug-likeness (QED) is 0.576. The van der Waals surface area contributed by atoms with Crippen LogP contribution in [0, 0.1) is 0 Å². The maximum absolute atomic E-state index is 12.0. The molecule has 0 bridgehead atoms. The van der Waals surface area contributed by atoms with Gasteiger partial charge in [0.2, 0.25) is 0 Å². The van der Waals surface area contributed by atoms with Crippen LogP contribution in [0.3, 0.4) is 0 Å². The van der Waals surface area contributed by atoms with E-state index in [0.29, 0.717) is 23.9 Å². The second kappa shape index (κ2) is 11.1. The number of rotatable bonds is 10. The van der Waals surface area contributed by atoms with Crippen LogP contribution < -0.4 is 15.0 Å². The zero-order chi connectivity index (χ0) is 22.1. The molecule has 30 heavy (non-hydrogen) atoms. The lowest BCUT2D eigenvalue weighted by molar-refractivity contribution is -0.147. The lowest BCUT2D eigenvalue weighted by Gasteiger charge is -2.27. The number of nitrogens with one attached hydrogen (secondary N) is 1. The number of carbonyl (C=O) groups excluding carboxylic acids is 2. The summed E-state index contributed by atoms with van der Waals surface area (Å²) in [5.41, 5.74) is 2.51. The normalized spacial score (nSPS) is 10.6. The highest BCUT2D eigenvalue weighted by Crippen LogP contribution is 2.26. The average molecular weight is 415 g/mol. The Morgan fingerprint density at radius 1 is 1.13 bits per heavy atom. The molecule has 0 atom stereocenters. The minimum absolute atomic E-state index is 0.0178. The Morgan fingerprint density at radius 2 is 1.83 bits per heavy atom. The second-order valence-corrected chi connectivity index (χ2v) is 7.14. The van der Waals surface area contributed by atoms with Gasteiger partial charge in [-0.15, -0.1) is 0 Å². The molecule has 2 aromatic rings. The lowest BCUT2D eigenvalue weighted by Crippen LogP contribution is -2.30. The molecule has 2 rings (SSSR count). The third-order valence-corrected chi connectivity index (χ3v) is 4.67. The molecule has 1 amide bonds. The highest BCUT2D eigenvalue weighted by Gasteiger charge is 2.11. The van der Waals surface area contributed by atoms with Crippen molar-refractivity contribution in [2.24, 2.45) is 0 Å². The van der Waals surface area contributed by atoms with Gasteiger partial charge in [-0.25, -0.2) is 0 Å². The van der Waals surface area contributed by atoms with Gasteiger partial charge < -0.3 is 24.8 Å². The molecule has 0 radical (unpaired) electrons. The summed E-state index contributed by atoms with van der Waals surface area (Å²) in [6.45, 7) is 6.91. The molecule has 2 aromatic carbocycles. The van der Waals surface area contributed by atoms with E-state index in [2.05, 4.69) is 31.0 Å². The van der Waals surface area contributed by atoms with Crippen LogP contribution in [0.2, 0.25) is 0 Å². The van der Waals surface area contributed by atoms with E-state index in [0.717, 1.165) is 17.8 Å². The van der Waals surface area contributed by atoms with Crippen LogP contribution in [0.4, 0.5) is 11.4 Å². The first-order chi connectivity index (χ1) is 14.3. The number of aromatic hydroxyl groups is 1. The molecule has 2 N–H and O–H groups in total. The maximum atomic E-state index is 12.0. The molecule has 0 aliphatic heterocycles. The number of amides is 1. The minimum Gasteiger partial charge on any atom is -0.504 e.